The Bertz CT molecular complexity index is 398. The molecule has 15 heavy (non-hydrogen) atoms. The fourth-order valence-electron chi connectivity index (χ4n) is 1.55. The molecule has 4 heteroatoms. The highest BCUT2D eigenvalue weighted by Gasteiger charge is 2.11. The lowest BCUT2D eigenvalue weighted by atomic mass is 9.97. The van der Waals surface area contributed by atoms with E-state index < -0.39 is 11.9 Å². The van der Waals surface area contributed by atoms with Gasteiger partial charge in [-0.1, -0.05) is 0 Å². The zero-order chi connectivity index (χ0) is 11.6. The first-order valence-corrected chi connectivity index (χ1v) is 4.47. The van der Waals surface area contributed by atoms with Gasteiger partial charge < -0.3 is 10.2 Å². The third kappa shape index (κ3) is 2.56. The molecule has 0 bridgehead atoms. The summed E-state index contributed by atoms with van der Waals surface area (Å²) in [6.07, 6.45) is -0.0719. The van der Waals surface area contributed by atoms with E-state index in [2.05, 4.69) is 0 Å². The van der Waals surface area contributed by atoms with Gasteiger partial charge in [0, 0.05) is 0 Å². The van der Waals surface area contributed by atoms with Crippen LogP contribution in [0.15, 0.2) is 12.1 Å². The van der Waals surface area contributed by atoms with Gasteiger partial charge >= 0.3 is 11.9 Å². The molecule has 0 amide bonds. The number of aryl methyl sites for hydroxylation is 2. The number of hydrogen-bond acceptors (Lipinski definition) is 2. The van der Waals surface area contributed by atoms with Crippen molar-refractivity contribution in [2.45, 2.75) is 20.3 Å². The van der Waals surface area contributed by atoms with E-state index >= 15 is 0 Å². The van der Waals surface area contributed by atoms with Gasteiger partial charge in [-0.2, -0.15) is 0 Å². The molecular weight excluding hydrogens is 196 g/mol. The number of carboxylic acid groups (broad SMARTS) is 2. The summed E-state index contributed by atoms with van der Waals surface area (Å²) in [6.45, 7) is 3.44. The first-order chi connectivity index (χ1) is 6.91. The van der Waals surface area contributed by atoms with Crippen LogP contribution in [0, 0.1) is 13.8 Å². The van der Waals surface area contributed by atoms with Crippen molar-refractivity contribution in [3.05, 3.63) is 34.4 Å². The Kier molecular flexibility index (Phi) is 3.09. The lowest BCUT2D eigenvalue weighted by molar-refractivity contribution is -0.136. The largest absolute Gasteiger partial charge is 0.481 e. The third-order valence-corrected chi connectivity index (χ3v) is 2.27. The summed E-state index contributed by atoms with van der Waals surface area (Å²) in [5, 5.41) is 17.5. The molecule has 80 valence electrons. The Hall–Kier alpha value is -1.84. The van der Waals surface area contributed by atoms with Crippen LogP contribution in [-0.2, 0) is 11.2 Å². The maximum Gasteiger partial charge on any atom is 0.335 e. The molecule has 1 aromatic carbocycles. The van der Waals surface area contributed by atoms with Crippen LogP contribution in [0.25, 0.3) is 0 Å². The predicted octanol–water partition coefficient (Wildman–Crippen LogP) is 1.63. The van der Waals surface area contributed by atoms with Gasteiger partial charge in [0.1, 0.15) is 0 Å². The molecule has 0 spiro atoms. The lowest BCUT2D eigenvalue weighted by Gasteiger charge is -2.08. The van der Waals surface area contributed by atoms with E-state index in [0.29, 0.717) is 16.7 Å². The monoisotopic (exact) mass is 208 g/mol. The van der Waals surface area contributed by atoms with Crippen molar-refractivity contribution in [1.29, 1.82) is 0 Å². The van der Waals surface area contributed by atoms with Crippen molar-refractivity contribution in [3.8, 4) is 0 Å². The van der Waals surface area contributed by atoms with Gasteiger partial charge in [-0.05, 0) is 42.7 Å². The number of carbonyl (C=O) groups is 2. The number of aliphatic carboxylic acids is 1. The molecule has 1 rings (SSSR count). The standard InChI is InChI=1S/C11H12O4/c1-6-3-8(11(14)15)4-7(2)9(6)5-10(12)13/h3-4H,5H2,1-2H3,(H,12,13)(H,14,15). The molecule has 0 aliphatic rings. The summed E-state index contributed by atoms with van der Waals surface area (Å²) >= 11 is 0. The van der Waals surface area contributed by atoms with E-state index in [4.69, 9.17) is 10.2 Å². The van der Waals surface area contributed by atoms with Crippen molar-refractivity contribution < 1.29 is 19.8 Å². The minimum absolute atomic E-state index is 0.0719. The van der Waals surface area contributed by atoms with Gasteiger partial charge in [-0.15, -0.1) is 0 Å². The molecule has 0 fully saturated rings. The van der Waals surface area contributed by atoms with Crippen molar-refractivity contribution >= 4 is 11.9 Å². The average Bonchev–Trinajstić information content (AvgIpc) is 2.10. The SMILES string of the molecule is Cc1cc(C(=O)O)cc(C)c1CC(=O)O. The number of carboxylic acids is 2. The average molecular weight is 208 g/mol. The van der Waals surface area contributed by atoms with E-state index in [0.717, 1.165) is 0 Å². The molecule has 0 saturated heterocycles. The molecule has 0 aliphatic carbocycles. The van der Waals surface area contributed by atoms with E-state index in [1.54, 1.807) is 13.8 Å². The second kappa shape index (κ2) is 4.13. The fraction of sp³-hybridized carbons (Fsp3) is 0.273. The smallest absolute Gasteiger partial charge is 0.335 e. The van der Waals surface area contributed by atoms with Gasteiger partial charge in [0.15, 0.2) is 0 Å². The van der Waals surface area contributed by atoms with Gasteiger partial charge in [-0.3, -0.25) is 4.79 Å². The van der Waals surface area contributed by atoms with E-state index in [-0.39, 0.29) is 12.0 Å². The van der Waals surface area contributed by atoms with Crippen LogP contribution in [0.2, 0.25) is 0 Å². The fourth-order valence-corrected chi connectivity index (χ4v) is 1.55. The molecule has 0 radical (unpaired) electrons. The molecule has 1 aromatic rings. The van der Waals surface area contributed by atoms with E-state index in [1.165, 1.54) is 12.1 Å². The van der Waals surface area contributed by atoms with Gasteiger partial charge in [0.2, 0.25) is 0 Å². The van der Waals surface area contributed by atoms with Gasteiger partial charge in [0.05, 0.1) is 12.0 Å². The second-order valence-electron chi connectivity index (χ2n) is 3.46. The summed E-state index contributed by atoms with van der Waals surface area (Å²) in [4.78, 5) is 21.3. The van der Waals surface area contributed by atoms with Crippen LogP contribution >= 0.6 is 0 Å². The minimum Gasteiger partial charge on any atom is -0.481 e. The summed E-state index contributed by atoms with van der Waals surface area (Å²) in [5.74, 6) is -1.91. The Morgan fingerprint density at radius 1 is 1.13 bits per heavy atom. The van der Waals surface area contributed by atoms with Crippen molar-refractivity contribution in [1.82, 2.24) is 0 Å². The maximum absolute atomic E-state index is 10.7. The van der Waals surface area contributed by atoms with Gasteiger partial charge in [-0.25, -0.2) is 4.79 Å². The highest BCUT2D eigenvalue weighted by Crippen LogP contribution is 2.17. The van der Waals surface area contributed by atoms with Gasteiger partial charge in [0.25, 0.3) is 0 Å². The van der Waals surface area contributed by atoms with E-state index in [1.807, 2.05) is 0 Å². The van der Waals surface area contributed by atoms with Crippen LogP contribution < -0.4 is 0 Å². The number of hydrogen-bond donors (Lipinski definition) is 2. The van der Waals surface area contributed by atoms with Crippen LogP contribution in [-0.4, -0.2) is 22.2 Å². The van der Waals surface area contributed by atoms with Crippen molar-refractivity contribution in [2.75, 3.05) is 0 Å². The summed E-state index contributed by atoms with van der Waals surface area (Å²) in [6, 6.07) is 2.99. The molecule has 0 heterocycles. The molecule has 0 atom stereocenters. The lowest BCUT2D eigenvalue weighted by Crippen LogP contribution is -2.06. The molecule has 0 saturated carbocycles. The van der Waals surface area contributed by atoms with Crippen LogP contribution in [0.3, 0.4) is 0 Å². The zero-order valence-corrected chi connectivity index (χ0v) is 8.57. The Balaban J connectivity index is 3.21. The van der Waals surface area contributed by atoms with Crippen molar-refractivity contribution in [2.24, 2.45) is 0 Å². The Labute approximate surface area is 87.2 Å². The molecular formula is C11H12O4. The van der Waals surface area contributed by atoms with Crippen LogP contribution in [0.1, 0.15) is 27.0 Å². The topological polar surface area (TPSA) is 74.6 Å². The van der Waals surface area contributed by atoms with Crippen LogP contribution in [0.5, 0.6) is 0 Å². The quantitative estimate of drug-likeness (QED) is 0.791. The number of rotatable bonds is 3. The summed E-state index contributed by atoms with van der Waals surface area (Å²) < 4.78 is 0. The third-order valence-electron chi connectivity index (χ3n) is 2.27. The first kappa shape index (κ1) is 11.2. The number of aromatic carboxylic acids is 1. The summed E-state index contributed by atoms with van der Waals surface area (Å²) in [7, 11) is 0. The molecule has 2 N–H and O–H groups in total. The Morgan fingerprint density at radius 3 is 1.93 bits per heavy atom. The highest BCUT2D eigenvalue weighted by molar-refractivity contribution is 5.88. The normalized spacial score (nSPS) is 10.0. The maximum atomic E-state index is 10.7. The highest BCUT2D eigenvalue weighted by atomic mass is 16.4. The predicted molar refractivity (Wildman–Crippen MR) is 54.2 cm³/mol. The zero-order valence-electron chi connectivity index (χ0n) is 8.57. The first-order valence-electron chi connectivity index (χ1n) is 4.47. The molecule has 0 unspecified atom stereocenters. The van der Waals surface area contributed by atoms with E-state index in [9.17, 15) is 9.59 Å². The number of benzene rings is 1. The second-order valence-corrected chi connectivity index (χ2v) is 3.46. The van der Waals surface area contributed by atoms with Crippen molar-refractivity contribution in [3.63, 3.8) is 0 Å². The molecule has 4 nitrogen and oxygen atoms in total. The Morgan fingerprint density at radius 2 is 1.60 bits per heavy atom. The minimum atomic E-state index is -0.997. The molecule has 0 aliphatic heterocycles. The summed E-state index contributed by atoms with van der Waals surface area (Å²) in [5.41, 5.74) is 2.29. The van der Waals surface area contributed by atoms with Crippen LogP contribution in [0.4, 0.5) is 0 Å². The molecule has 0 aromatic heterocycles.